The van der Waals surface area contributed by atoms with E-state index in [1.165, 1.54) is 19.2 Å². The Morgan fingerprint density at radius 2 is 1.81 bits per heavy atom. The normalized spacial score (nSPS) is 13.0. The fourth-order valence-electron chi connectivity index (χ4n) is 2.77. The molecule has 0 spiro atoms. The maximum absolute atomic E-state index is 12.6. The monoisotopic (exact) mass is 358 g/mol. The number of aromatic hydroxyl groups is 3. The number of esters is 1. The molecule has 7 nitrogen and oxygen atoms in total. The van der Waals surface area contributed by atoms with Gasteiger partial charge in [-0.15, -0.1) is 6.58 Å². The third-order valence-electron chi connectivity index (χ3n) is 4.28. The minimum absolute atomic E-state index is 0.0450. The minimum atomic E-state index is -0.870. The molecule has 0 unspecified atom stereocenters. The van der Waals surface area contributed by atoms with Crippen LogP contribution < -0.4 is 14.2 Å². The van der Waals surface area contributed by atoms with Gasteiger partial charge >= 0.3 is 5.97 Å². The van der Waals surface area contributed by atoms with Crippen LogP contribution in [0.5, 0.6) is 40.2 Å². The number of allylic oxidation sites excluding steroid dienone is 1. The van der Waals surface area contributed by atoms with Gasteiger partial charge in [-0.3, -0.25) is 0 Å². The van der Waals surface area contributed by atoms with Crippen LogP contribution in [0.1, 0.15) is 29.8 Å². The maximum atomic E-state index is 12.6. The van der Waals surface area contributed by atoms with Gasteiger partial charge in [-0.2, -0.15) is 0 Å². The standard InChI is InChI=1S/C19H18O7/c1-5-19(2,3)14-12(24-4)8-10(21)13-17(14)26-16-11(25-18(13)23)7-6-9(20)15(16)22/h5-8,20-22H,1H2,2-4H3. The smallest absolute Gasteiger partial charge is 0.351 e. The van der Waals surface area contributed by atoms with E-state index in [9.17, 15) is 20.1 Å². The van der Waals surface area contributed by atoms with Gasteiger partial charge in [0, 0.05) is 17.0 Å². The zero-order valence-corrected chi connectivity index (χ0v) is 14.5. The van der Waals surface area contributed by atoms with Crippen LogP contribution in [0.3, 0.4) is 0 Å². The molecule has 1 aliphatic rings. The molecule has 3 N–H and O–H groups in total. The number of methoxy groups -OCH3 is 1. The van der Waals surface area contributed by atoms with Gasteiger partial charge in [0.25, 0.3) is 0 Å². The fraction of sp³-hybridized carbons (Fsp3) is 0.211. The number of hydrogen-bond donors (Lipinski definition) is 3. The second-order valence-corrected chi connectivity index (χ2v) is 6.36. The molecule has 0 bridgehead atoms. The van der Waals surface area contributed by atoms with Crippen molar-refractivity contribution in [3.63, 3.8) is 0 Å². The average Bonchev–Trinajstić information content (AvgIpc) is 2.74. The number of carbonyl (C=O) groups is 1. The van der Waals surface area contributed by atoms with E-state index < -0.39 is 28.6 Å². The quantitative estimate of drug-likeness (QED) is 0.333. The predicted molar refractivity (Wildman–Crippen MR) is 92.7 cm³/mol. The molecule has 1 heterocycles. The SMILES string of the molecule is C=CC(C)(C)c1c(OC)cc(O)c2c1Oc1c(ccc(O)c1O)OC2=O. The average molecular weight is 358 g/mol. The summed E-state index contributed by atoms with van der Waals surface area (Å²) in [5.41, 5.74) is -0.512. The Labute approximate surface area is 149 Å². The van der Waals surface area contributed by atoms with E-state index in [-0.39, 0.29) is 28.6 Å². The molecular formula is C19H18O7. The van der Waals surface area contributed by atoms with Crippen molar-refractivity contribution >= 4 is 5.97 Å². The Balaban J connectivity index is 2.40. The fourth-order valence-corrected chi connectivity index (χ4v) is 2.77. The number of fused-ring (bicyclic) bond motifs is 2. The lowest BCUT2D eigenvalue weighted by molar-refractivity contribution is 0.0734. The van der Waals surface area contributed by atoms with Crippen molar-refractivity contribution in [3.8, 4) is 40.2 Å². The number of carbonyl (C=O) groups excluding carboxylic acids is 1. The molecule has 0 saturated heterocycles. The van der Waals surface area contributed by atoms with Crippen molar-refractivity contribution in [2.24, 2.45) is 0 Å². The first-order valence-corrected chi connectivity index (χ1v) is 7.74. The van der Waals surface area contributed by atoms with Crippen LogP contribution in [0.4, 0.5) is 0 Å². The van der Waals surface area contributed by atoms with Gasteiger partial charge in [0.05, 0.1) is 7.11 Å². The number of rotatable bonds is 3. The van der Waals surface area contributed by atoms with Crippen LogP contribution in [0.2, 0.25) is 0 Å². The van der Waals surface area contributed by atoms with E-state index in [0.29, 0.717) is 5.56 Å². The van der Waals surface area contributed by atoms with Crippen molar-refractivity contribution in [2.75, 3.05) is 7.11 Å². The molecule has 26 heavy (non-hydrogen) atoms. The molecule has 0 aliphatic carbocycles. The third-order valence-corrected chi connectivity index (χ3v) is 4.28. The molecule has 0 atom stereocenters. The summed E-state index contributed by atoms with van der Waals surface area (Å²) in [6.45, 7) is 7.43. The molecule has 0 radical (unpaired) electrons. The Morgan fingerprint density at radius 3 is 2.42 bits per heavy atom. The van der Waals surface area contributed by atoms with Gasteiger partial charge < -0.3 is 29.5 Å². The lowest BCUT2D eigenvalue weighted by Crippen LogP contribution is -2.18. The maximum Gasteiger partial charge on any atom is 0.351 e. The van der Waals surface area contributed by atoms with Crippen LogP contribution in [0, 0.1) is 0 Å². The minimum Gasteiger partial charge on any atom is -0.507 e. The summed E-state index contributed by atoms with van der Waals surface area (Å²) in [7, 11) is 1.41. The Hall–Kier alpha value is -3.35. The lowest BCUT2D eigenvalue weighted by Gasteiger charge is -2.27. The van der Waals surface area contributed by atoms with E-state index >= 15 is 0 Å². The summed E-state index contributed by atoms with van der Waals surface area (Å²) in [6, 6.07) is 3.73. The molecule has 2 aromatic rings. The van der Waals surface area contributed by atoms with Gasteiger partial charge in [0.1, 0.15) is 17.1 Å². The molecule has 1 aliphatic heterocycles. The largest absolute Gasteiger partial charge is 0.507 e. The van der Waals surface area contributed by atoms with E-state index in [0.717, 1.165) is 6.07 Å². The van der Waals surface area contributed by atoms with E-state index in [2.05, 4.69) is 6.58 Å². The van der Waals surface area contributed by atoms with Crippen molar-refractivity contribution in [1.29, 1.82) is 0 Å². The first kappa shape index (κ1) is 17.5. The highest BCUT2D eigenvalue weighted by atomic mass is 16.6. The van der Waals surface area contributed by atoms with Crippen molar-refractivity contribution in [2.45, 2.75) is 19.3 Å². The highest BCUT2D eigenvalue weighted by molar-refractivity contribution is 5.99. The van der Waals surface area contributed by atoms with Crippen LogP contribution in [-0.4, -0.2) is 28.4 Å². The summed E-state index contributed by atoms with van der Waals surface area (Å²) in [5, 5.41) is 30.2. The summed E-state index contributed by atoms with van der Waals surface area (Å²) in [6.07, 6.45) is 1.63. The zero-order chi connectivity index (χ0) is 19.2. The molecule has 2 aromatic carbocycles. The third kappa shape index (κ3) is 2.48. The molecule has 0 saturated carbocycles. The lowest BCUT2D eigenvalue weighted by atomic mass is 9.82. The molecule has 136 valence electrons. The van der Waals surface area contributed by atoms with Gasteiger partial charge in [0.2, 0.25) is 11.5 Å². The molecular weight excluding hydrogens is 340 g/mol. The van der Waals surface area contributed by atoms with Gasteiger partial charge in [0.15, 0.2) is 17.2 Å². The highest BCUT2D eigenvalue weighted by Crippen LogP contribution is 2.53. The van der Waals surface area contributed by atoms with E-state index in [1.807, 2.05) is 13.8 Å². The molecule has 7 heteroatoms. The van der Waals surface area contributed by atoms with Crippen LogP contribution >= 0.6 is 0 Å². The number of benzene rings is 2. The van der Waals surface area contributed by atoms with Gasteiger partial charge in [-0.05, 0) is 12.1 Å². The van der Waals surface area contributed by atoms with Crippen molar-refractivity contribution in [3.05, 3.63) is 42.0 Å². The van der Waals surface area contributed by atoms with E-state index in [4.69, 9.17) is 14.2 Å². The highest BCUT2D eigenvalue weighted by Gasteiger charge is 2.37. The Morgan fingerprint density at radius 1 is 1.12 bits per heavy atom. The van der Waals surface area contributed by atoms with Crippen LogP contribution in [0.15, 0.2) is 30.9 Å². The topological polar surface area (TPSA) is 105 Å². The van der Waals surface area contributed by atoms with Crippen molar-refractivity contribution in [1.82, 2.24) is 0 Å². The predicted octanol–water partition coefficient (Wildman–Crippen LogP) is 3.60. The van der Waals surface area contributed by atoms with Gasteiger partial charge in [-0.25, -0.2) is 4.79 Å². The molecule has 0 aromatic heterocycles. The summed E-state index contributed by atoms with van der Waals surface area (Å²) in [4.78, 5) is 12.6. The van der Waals surface area contributed by atoms with Gasteiger partial charge in [-0.1, -0.05) is 19.9 Å². The van der Waals surface area contributed by atoms with Crippen LogP contribution in [0.25, 0.3) is 0 Å². The van der Waals surface area contributed by atoms with E-state index in [1.54, 1.807) is 6.08 Å². The van der Waals surface area contributed by atoms with Crippen LogP contribution in [-0.2, 0) is 5.41 Å². The number of phenolic OH excluding ortho intramolecular Hbond substituents is 3. The second kappa shape index (κ2) is 5.87. The Kier molecular flexibility index (Phi) is 3.95. The summed E-state index contributed by atoms with van der Waals surface area (Å²) < 4.78 is 16.3. The first-order valence-electron chi connectivity index (χ1n) is 7.74. The zero-order valence-electron chi connectivity index (χ0n) is 14.5. The molecule has 0 amide bonds. The molecule has 0 fully saturated rings. The molecule has 3 rings (SSSR count). The van der Waals surface area contributed by atoms with Crippen molar-refractivity contribution < 1.29 is 34.3 Å². The Bertz CT molecular complexity index is 928. The first-order chi connectivity index (χ1) is 12.2. The number of phenols is 3. The summed E-state index contributed by atoms with van der Waals surface area (Å²) in [5.74, 6) is -2.42. The second-order valence-electron chi connectivity index (χ2n) is 6.36. The number of ether oxygens (including phenoxy) is 3. The summed E-state index contributed by atoms with van der Waals surface area (Å²) >= 11 is 0. The number of hydrogen-bond acceptors (Lipinski definition) is 7.